The van der Waals surface area contributed by atoms with Crippen LogP contribution in [0, 0.1) is 11.3 Å². The maximum Gasteiger partial charge on any atom is 0.432 e. The van der Waals surface area contributed by atoms with Crippen LogP contribution in [0.25, 0.3) is 0 Å². The molecule has 3 N–H and O–H groups in total. The Kier molecular flexibility index (Phi) is 6.38. The van der Waals surface area contributed by atoms with E-state index in [1.54, 1.807) is 0 Å². The van der Waals surface area contributed by atoms with Gasteiger partial charge in [0.05, 0.1) is 0 Å². The number of aromatic amines is 2. The van der Waals surface area contributed by atoms with Crippen molar-refractivity contribution in [2.24, 2.45) is 11.3 Å². The summed E-state index contributed by atoms with van der Waals surface area (Å²) in [7, 11) is 1.50. The molecule has 180 valence electrons. The molecule has 1 spiro atoms. The zero-order valence-electron chi connectivity index (χ0n) is 17.9. The van der Waals surface area contributed by atoms with Crippen molar-refractivity contribution < 1.29 is 32.2 Å². The lowest BCUT2D eigenvalue weighted by Crippen LogP contribution is -2.42. The number of hydrogen-bond donors (Lipinski definition) is 3. The normalized spacial score (nSPS) is 20.4. The summed E-state index contributed by atoms with van der Waals surface area (Å²) in [6.45, 7) is 2.08. The van der Waals surface area contributed by atoms with Crippen LogP contribution in [0.4, 0.5) is 13.2 Å². The molecule has 2 aromatic rings. The van der Waals surface area contributed by atoms with Crippen molar-refractivity contribution in [3.8, 4) is 0 Å². The summed E-state index contributed by atoms with van der Waals surface area (Å²) in [6.07, 6.45) is -3.27. The molecule has 2 aromatic heterocycles. The minimum atomic E-state index is -4.62. The van der Waals surface area contributed by atoms with Crippen molar-refractivity contribution in [2.45, 2.75) is 25.6 Å². The van der Waals surface area contributed by atoms with Gasteiger partial charge in [-0.3, -0.25) is 19.8 Å². The van der Waals surface area contributed by atoms with Crippen LogP contribution in [-0.2, 0) is 22.3 Å². The second-order valence-electron chi connectivity index (χ2n) is 8.27. The molecule has 0 bridgehead atoms. The first kappa shape index (κ1) is 23.2. The van der Waals surface area contributed by atoms with E-state index >= 15 is 0 Å². The SMILES string of the molecule is COCc1nc(C(=O)NCC2CN(C(=O)c3cc(C(F)(F)F)[nH]n3)CC23CCOCC3)n[nH]1. The summed E-state index contributed by atoms with van der Waals surface area (Å²) in [5.41, 5.74) is -1.68. The Hall–Kier alpha value is -3.00. The molecule has 4 rings (SSSR count). The van der Waals surface area contributed by atoms with E-state index in [1.807, 2.05) is 5.10 Å². The number of rotatable bonds is 6. The Labute approximate surface area is 186 Å². The summed E-state index contributed by atoms with van der Waals surface area (Å²) in [5.74, 6) is -0.779. The molecule has 0 radical (unpaired) electrons. The van der Waals surface area contributed by atoms with E-state index in [-0.39, 0.29) is 42.5 Å². The number of carbonyl (C=O) groups is 2. The van der Waals surface area contributed by atoms with E-state index < -0.39 is 23.7 Å². The number of nitrogens with one attached hydrogen (secondary N) is 3. The highest BCUT2D eigenvalue weighted by Crippen LogP contribution is 2.44. The third-order valence-electron chi connectivity index (χ3n) is 6.22. The topological polar surface area (TPSA) is 138 Å². The summed E-state index contributed by atoms with van der Waals surface area (Å²) >= 11 is 0. The zero-order valence-corrected chi connectivity index (χ0v) is 17.9. The van der Waals surface area contributed by atoms with E-state index in [1.165, 1.54) is 12.0 Å². The smallest absolute Gasteiger partial charge is 0.381 e. The van der Waals surface area contributed by atoms with Crippen LogP contribution in [0.15, 0.2) is 6.07 Å². The molecular formula is C19H24F3N7O4. The molecule has 1 atom stereocenters. The molecule has 2 amide bonds. The van der Waals surface area contributed by atoms with Gasteiger partial charge in [0.15, 0.2) is 11.5 Å². The van der Waals surface area contributed by atoms with Crippen LogP contribution < -0.4 is 5.32 Å². The van der Waals surface area contributed by atoms with Gasteiger partial charge in [0.25, 0.3) is 11.8 Å². The largest absolute Gasteiger partial charge is 0.432 e. The van der Waals surface area contributed by atoms with Gasteiger partial charge in [-0.1, -0.05) is 0 Å². The average molecular weight is 471 g/mol. The monoisotopic (exact) mass is 471 g/mol. The Morgan fingerprint density at radius 3 is 2.73 bits per heavy atom. The van der Waals surface area contributed by atoms with Gasteiger partial charge in [-0.15, -0.1) is 5.10 Å². The number of carbonyl (C=O) groups excluding carboxylic acids is 2. The standard InChI is InChI=1S/C19H24F3N7O4/c1-32-9-14-24-15(28-27-14)16(30)23-7-11-8-29(10-18(11)2-4-33-5-3-18)17(31)12-6-13(26-25-12)19(20,21)22/h6,11H,2-5,7-10H2,1H3,(H,23,30)(H,25,26)(H,24,27,28). The number of alkyl halides is 3. The fraction of sp³-hybridized carbons (Fsp3) is 0.632. The van der Waals surface area contributed by atoms with E-state index in [9.17, 15) is 22.8 Å². The highest BCUT2D eigenvalue weighted by Gasteiger charge is 2.49. The van der Waals surface area contributed by atoms with Gasteiger partial charge in [0, 0.05) is 51.9 Å². The number of likely N-dealkylation sites (tertiary alicyclic amines) is 1. The molecular weight excluding hydrogens is 447 g/mol. The predicted molar refractivity (Wildman–Crippen MR) is 105 cm³/mol. The maximum atomic E-state index is 12.9. The van der Waals surface area contributed by atoms with Crippen LogP contribution in [0.1, 0.15) is 45.5 Å². The Morgan fingerprint density at radius 2 is 2.06 bits per heavy atom. The number of hydrogen-bond acceptors (Lipinski definition) is 7. The van der Waals surface area contributed by atoms with Crippen molar-refractivity contribution >= 4 is 11.8 Å². The van der Waals surface area contributed by atoms with Crippen LogP contribution >= 0.6 is 0 Å². The second-order valence-corrected chi connectivity index (χ2v) is 8.27. The predicted octanol–water partition coefficient (Wildman–Crippen LogP) is 0.992. The van der Waals surface area contributed by atoms with Gasteiger partial charge in [0.1, 0.15) is 12.3 Å². The van der Waals surface area contributed by atoms with Crippen LogP contribution in [-0.4, -0.2) is 82.1 Å². The van der Waals surface area contributed by atoms with Crippen LogP contribution in [0.2, 0.25) is 0 Å². The van der Waals surface area contributed by atoms with E-state index in [0.29, 0.717) is 38.4 Å². The van der Waals surface area contributed by atoms with Gasteiger partial charge in [-0.25, -0.2) is 4.98 Å². The first-order chi connectivity index (χ1) is 15.7. The lowest BCUT2D eigenvalue weighted by atomic mass is 9.72. The first-order valence-corrected chi connectivity index (χ1v) is 10.4. The molecule has 11 nitrogen and oxygen atoms in total. The van der Waals surface area contributed by atoms with Crippen LogP contribution in [0.3, 0.4) is 0 Å². The van der Waals surface area contributed by atoms with Crippen molar-refractivity contribution in [3.05, 3.63) is 29.1 Å². The van der Waals surface area contributed by atoms with E-state index in [2.05, 4.69) is 25.6 Å². The van der Waals surface area contributed by atoms with Crippen molar-refractivity contribution in [1.29, 1.82) is 0 Å². The van der Waals surface area contributed by atoms with Crippen LogP contribution in [0.5, 0.6) is 0 Å². The second kappa shape index (κ2) is 9.09. The number of halogens is 3. The van der Waals surface area contributed by atoms with Gasteiger partial charge < -0.3 is 19.7 Å². The Bertz CT molecular complexity index is 1000. The van der Waals surface area contributed by atoms with Gasteiger partial charge in [0.2, 0.25) is 5.82 Å². The molecule has 14 heteroatoms. The molecule has 2 saturated heterocycles. The number of H-pyrrole nitrogens is 2. The third-order valence-corrected chi connectivity index (χ3v) is 6.22. The summed E-state index contributed by atoms with van der Waals surface area (Å²) in [4.78, 5) is 31.0. The lowest BCUT2D eigenvalue weighted by molar-refractivity contribution is -0.141. The fourth-order valence-electron chi connectivity index (χ4n) is 4.45. The highest BCUT2D eigenvalue weighted by atomic mass is 19.4. The zero-order chi connectivity index (χ0) is 23.6. The van der Waals surface area contributed by atoms with Crippen molar-refractivity contribution in [3.63, 3.8) is 0 Å². The van der Waals surface area contributed by atoms with Gasteiger partial charge in [-0.2, -0.15) is 18.3 Å². The number of amides is 2. The Balaban J connectivity index is 1.45. The number of methoxy groups -OCH3 is 1. The maximum absolute atomic E-state index is 12.9. The Morgan fingerprint density at radius 1 is 1.30 bits per heavy atom. The van der Waals surface area contributed by atoms with Gasteiger partial charge in [-0.05, 0) is 18.3 Å². The van der Waals surface area contributed by atoms with Gasteiger partial charge >= 0.3 is 6.18 Å². The van der Waals surface area contributed by atoms with E-state index in [0.717, 1.165) is 6.07 Å². The molecule has 0 saturated carbocycles. The third kappa shape index (κ3) is 4.85. The van der Waals surface area contributed by atoms with E-state index in [4.69, 9.17) is 9.47 Å². The quantitative estimate of drug-likeness (QED) is 0.571. The number of ether oxygens (including phenoxy) is 2. The molecule has 2 fully saturated rings. The van der Waals surface area contributed by atoms with Crippen molar-refractivity contribution in [1.82, 2.24) is 35.6 Å². The van der Waals surface area contributed by atoms with Crippen molar-refractivity contribution in [2.75, 3.05) is 40.0 Å². The molecule has 0 aliphatic carbocycles. The summed E-state index contributed by atoms with van der Waals surface area (Å²) < 4.78 is 49.1. The minimum absolute atomic E-state index is 0.0230. The average Bonchev–Trinajstić information content (AvgIpc) is 3.52. The summed E-state index contributed by atoms with van der Waals surface area (Å²) in [5, 5.41) is 14.7. The molecule has 2 aliphatic heterocycles. The molecule has 33 heavy (non-hydrogen) atoms. The minimum Gasteiger partial charge on any atom is -0.381 e. The molecule has 4 heterocycles. The number of nitrogens with zero attached hydrogens (tertiary/aromatic N) is 4. The first-order valence-electron chi connectivity index (χ1n) is 10.4. The number of aromatic nitrogens is 5. The summed E-state index contributed by atoms with van der Waals surface area (Å²) in [6, 6.07) is 0.717. The fourth-order valence-corrected chi connectivity index (χ4v) is 4.45. The molecule has 2 aliphatic rings. The lowest BCUT2D eigenvalue weighted by Gasteiger charge is -2.37. The highest BCUT2D eigenvalue weighted by molar-refractivity contribution is 5.93. The molecule has 1 unspecified atom stereocenters. The molecule has 0 aromatic carbocycles.